The van der Waals surface area contributed by atoms with E-state index < -0.39 is 17.0 Å². The normalized spacial score (nSPS) is 20.3. The second-order valence-corrected chi connectivity index (χ2v) is 10.8. The van der Waals surface area contributed by atoms with Crippen molar-refractivity contribution in [2.75, 3.05) is 20.1 Å². The number of carbonyl (C=O) groups excluding carboxylic acids is 3. The third-order valence-electron chi connectivity index (χ3n) is 7.26. The highest BCUT2D eigenvalue weighted by Gasteiger charge is 2.53. The number of hydrazone groups is 1. The number of fused-ring (bicyclic) bond motifs is 1. The Hall–Kier alpha value is -3.52. The Morgan fingerprint density at radius 1 is 1.08 bits per heavy atom. The minimum atomic E-state index is -1.11. The van der Waals surface area contributed by atoms with E-state index in [1.54, 1.807) is 25.8 Å². The van der Waals surface area contributed by atoms with Crippen LogP contribution in [0.2, 0.25) is 0 Å². The lowest BCUT2D eigenvalue weighted by molar-refractivity contribution is -0.142. The number of amides is 3. The van der Waals surface area contributed by atoms with E-state index >= 15 is 0 Å². The molecule has 2 aliphatic rings. The van der Waals surface area contributed by atoms with Crippen molar-refractivity contribution in [2.24, 2.45) is 16.3 Å². The standard InChI is InChI=1S/C29H37N5O3/c1-28(2,30)26(36)31-23(16-10-15-21-11-6-4-7-12-21)25(35)34-18-17-24-29(20-34,27(37)33(3)32-24)19-22-13-8-5-9-14-22/h4-9,11-14,23H,10,15-20,30H2,1-3H3,(H,31,36)/t23-,29?/m1/s1. The van der Waals surface area contributed by atoms with E-state index in [0.29, 0.717) is 25.8 Å². The number of hydrogen-bond donors (Lipinski definition) is 2. The molecule has 0 saturated carbocycles. The molecule has 0 spiro atoms. The number of nitrogens with two attached hydrogens (primary N) is 1. The van der Waals surface area contributed by atoms with E-state index in [0.717, 1.165) is 24.1 Å². The minimum Gasteiger partial charge on any atom is -0.343 e. The summed E-state index contributed by atoms with van der Waals surface area (Å²) < 4.78 is 0. The molecule has 0 bridgehead atoms. The van der Waals surface area contributed by atoms with Crippen molar-refractivity contribution < 1.29 is 14.4 Å². The summed E-state index contributed by atoms with van der Waals surface area (Å²) >= 11 is 0. The van der Waals surface area contributed by atoms with Gasteiger partial charge in [0.05, 0.1) is 11.3 Å². The van der Waals surface area contributed by atoms with Gasteiger partial charge in [-0.05, 0) is 50.7 Å². The summed E-state index contributed by atoms with van der Waals surface area (Å²) in [5.41, 5.74) is 7.05. The first-order valence-corrected chi connectivity index (χ1v) is 12.9. The quantitative estimate of drug-likeness (QED) is 0.548. The summed E-state index contributed by atoms with van der Waals surface area (Å²) in [6, 6.07) is 19.2. The number of piperidine rings is 1. The van der Waals surface area contributed by atoms with E-state index in [2.05, 4.69) is 22.6 Å². The topological polar surface area (TPSA) is 108 Å². The predicted molar refractivity (Wildman–Crippen MR) is 144 cm³/mol. The van der Waals surface area contributed by atoms with Crippen LogP contribution in [0.3, 0.4) is 0 Å². The Kier molecular flexibility index (Phi) is 7.78. The molecule has 2 aromatic carbocycles. The van der Waals surface area contributed by atoms with Crippen molar-refractivity contribution >= 4 is 23.4 Å². The Labute approximate surface area is 218 Å². The van der Waals surface area contributed by atoms with Gasteiger partial charge in [0, 0.05) is 26.6 Å². The fourth-order valence-electron chi connectivity index (χ4n) is 5.19. The monoisotopic (exact) mass is 503 g/mol. The lowest BCUT2D eigenvalue weighted by Crippen LogP contribution is -2.60. The van der Waals surface area contributed by atoms with E-state index in [1.807, 2.05) is 48.5 Å². The SMILES string of the molecule is CN1N=C2CCN(C(=O)[C@@H](CCCc3ccccc3)NC(=O)C(C)(C)N)CC2(Cc2ccccc2)C1=O. The fraction of sp³-hybridized carbons (Fsp3) is 0.448. The van der Waals surface area contributed by atoms with Gasteiger partial charge in [-0.2, -0.15) is 5.10 Å². The van der Waals surface area contributed by atoms with Gasteiger partial charge < -0.3 is 16.0 Å². The van der Waals surface area contributed by atoms with Crippen molar-refractivity contribution in [1.29, 1.82) is 0 Å². The molecular formula is C29H37N5O3. The van der Waals surface area contributed by atoms with Crippen LogP contribution in [0.15, 0.2) is 65.8 Å². The number of likely N-dealkylation sites (tertiary alicyclic amines) is 1. The summed E-state index contributed by atoms with van der Waals surface area (Å²) in [6.07, 6.45) is 2.99. The van der Waals surface area contributed by atoms with Crippen LogP contribution in [0.5, 0.6) is 0 Å². The number of nitrogens with zero attached hydrogens (tertiary/aromatic N) is 3. The fourth-order valence-corrected chi connectivity index (χ4v) is 5.19. The molecule has 1 saturated heterocycles. The third kappa shape index (κ3) is 5.91. The second kappa shape index (κ2) is 10.8. The first-order chi connectivity index (χ1) is 17.6. The van der Waals surface area contributed by atoms with Gasteiger partial charge in [0.25, 0.3) is 5.91 Å². The zero-order valence-electron chi connectivity index (χ0n) is 21.9. The average molecular weight is 504 g/mol. The van der Waals surface area contributed by atoms with Gasteiger partial charge in [-0.25, -0.2) is 5.01 Å². The lowest BCUT2D eigenvalue weighted by atomic mass is 9.73. The highest BCUT2D eigenvalue weighted by molar-refractivity contribution is 6.13. The molecule has 37 heavy (non-hydrogen) atoms. The summed E-state index contributed by atoms with van der Waals surface area (Å²) in [6.45, 7) is 3.94. The third-order valence-corrected chi connectivity index (χ3v) is 7.26. The number of benzene rings is 2. The predicted octanol–water partition coefficient (Wildman–Crippen LogP) is 2.52. The Balaban J connectivity index is 1.54. The minimum absolute atomic E-state index is 0.100. The molecule has 1 unspecified atom stereocenters. The van der Waals surface area contributed by atoms with Gasteiger partial charge in [0.1, 0.15) is 11.5 Å². The molecule has 0 radical (unpaired) electrons. The molecular weight excluding hydrogens is 466 g/mol. The number of carbonyl (C=O) groups is 3. The van der Waals surface area contributed by atoms with Gasteiger partial charge >= 0.3 is 0 Å². The first-order valence-electron chi connectivity index (χ1n) is 12.9. The Morgan fingerprint density at radius 3 is 2.32 bits per heavy atom. The maximum Gasteiger partial charge on any atom is 0.256 e. The largest absolute Gasteiger partial charge is 0.343 e. The van der Waals surface area contributed by atoms with Crippen molar-refractivity contribution in [3.05, 3.63) is 71.8 Å². The van der Waals surface area contributed by atoms with E-state index in [1.165, 1.54) is 10.6 Å². The molecule has 0 aliphatic carbocycles. The molecule has 4 rings (SSSR count). The molecule has 8 heteroatoms. The highest BCUT2D eigenvalue weighted by Crippen LogP contribution is 2.38. The first kappa shape index (κ1) is 26.5. The van der Waals surface area contributed by atoms with Crippen LogP contribution in [-0.2, 0) is 27.2 Å². The van der Waals surface area contributed by atoms with Crippen LogP contribution < -0.4 is 11.1 Å². The molecule has 196 valence electrons. The van der Waals surface area contributed by atoms with Gasteiger partial charge in [-0.1, -0.05) is 60.7 Å². The van der Waals surface area contributed by atoms with Crippen molar-refractivity contribution in [1.82, 2.24) is 15.2 Å². The Morgan fingerprint density at radius 2 is 1.70 bits per heavy atom. The number of nitrogens with one attached hydrogen (secondary N) is 1. The van der Waals surface area contributed by atoms with E-state index in [-0.39, 0.29) is 24.3 Å². The maximum atomic E-state index is 13.9. The summed E-state index contributed by atoms with van der Waals surface area (Å²) in [4.78, 5) is 41.8. The van der Waals surface area contributed by atoms with Gasteiger partial charge in [0.15, 0.2) is 0 Å². The highest BCUT2D eigenvalue weighted by atomic mass is 16.2. The number of aryl methyl sites for hydroxylation is 1. The number of hydrogen-bond acceptors (Lipinski definition) is 5. The summed E-state index contributed by atoms with van der Waals surface area (Å²) in [7, 11) is 1.67. The number of rotatable bonds is 9. The molecule has 2 aromatic rings. The van der Waals surface area contributed by atoms with Crippen molar-refractivity contribution in [3.63, 3.8) is 0 Å². The smallest absolute Gasteiger partial charge is 0.256 e. The van der Waals surface area contributed by atoms with E-state index in [9.17, 15) is 14.4 Å². The Bertz CT molecular complexity index is 1160. The zero-order valence-corrected chi connectivity index (χ0v) is 21.9. The van der Waals surface area contributed by atoms with Crippen LogP contribution in [-0.4, -0.2) is 65.1 Å². The zero-order chi connectivity index (χ0) is 26.6. The van der Waals surface area contributed by atoms with Crippen LogP contribution in [0.4, 0.5) is 0 Å². The van der Waals surface area contributed by atoms with Crippen LogP contribution >= 0.6 is 0 Å². The molecule has 2 atom stereocenters. The molecule has 1 fully saturated rings. The van der Waals surface area contributed by atoms with Crippen LogP contribution in [0, 0.1) is 5.41 Å². The molecule has 0 aromatic heterocycles. The molecule has 2 aliphatic heterocycles. The summed E-state index contributed by atoms with van der Waals surface area (Å²) in [5.74, 6) is -0.656. The lowest BCUT2D eigenvalue weighted by Gasteiger charge is -2.41. The van der Waals surface area contributed by atoms with Crippen LogP contribution in [0.1, 0.15) is 44.2 Å². The van der Waals surface area contributed by atoms with Crippen LogP contribution in [0.25, 0.3) is 0 Å². The van der Waals surface area contributed by atoms with Gasteiger partial charge in [0.2, 0.25) is 11.8 Å². The van der Waals surface area contributed by atoms with Gasteiger partial charge in [-0.3, -0.25) is 14.4 Å². The summed E-state index contributed by atoms with van der Waals surface area (Å²) in [5, 5.41) is 8.85. The maximum absolute atomic E-state index is 13.9. The molecule has 8 nitrogen and oxygen atoms in total. The second-order valence-electron chi connectivity index (χ2n) is 10.8. The molecule has 2 heterocycles. The molecule has 3 amide bonds. The van der Waals surface area contributed by atoms with Crippen molar-refractivity contribution in [2.45, 2.75) is 57.5 Å². The molecule has 3 N–H and O–H groups in total. The van der Waals surface area contributed by atoms with E-state index in [4.69, 9.17) is 5.73 Å². The average Bonchev–Trinajstić information content (AvgIpc) is 3.12. The van der Waals surface area contributed by atoms with Gasteiger partial charge in [-0.15, -0.1) is 0 Å². The van der Waals surface area contributed by atoms with Crippen molar-refractivity contribution in [3.8, 4) is 0 Å².